The van der Waals surface area contributed by atoms with E-state index in [1.165, 1.54) is 11.8 Å². The van der Waals surface area contributed by atoms with Crippen LogP contribution in [0.15, 0.2) is 42.9 Å². The van der Waals surface area contributed by atoms with Gasteiger partial charge in [-0.05, 0) is 30.7 Å². The van der Waals surface area contributed by atoms with E-state index in [9.17, 15) is 4.39 Å². The summed E-state index contributed by atoms with van der Waals surface area (Å²) in [6.45, 7) is 5.98. The van der Waals surface area contributed by atoms with Gasteiger partial charge < -0.3 is 14.6 Å². The Morgan fingerprint density at radius 2 is 1.96 bits per heavy atom. The molecule has 0 aliphatic carbocycles. The molecule has 0 atom stereocenters. The number of hydrogen-bond acceptors (Lipinski definition) is 5. The molecule has 5 rings (SSSR count). The summed E-state index contributed by atoms with van der Waals surface area (Å²) in [6, 6.07) is 7.69. The number of benzene rings is 1. The number of nitrogens with one attached hydrogen (secondary N) is 1. The lowest BCUT2D eigenvalue weighted by Gasteiger charge is -2.29. The van der Waals surface area contributed by atoms with Gasteiger partial charge in [0.05, 0.1) is 11.2 Å². The van der Waals surface area contributed by atoms with Gasteiger partial charge in [-0.1, -0.05) is 6.92 Å². The molecule has 6 nitrogen and oxygen atoms in total. The smallest absolute Gasteiger partial charge is 0.173 e. The number of aryl methyl sites for hydroxylation is 1. The van der Waals surface area contributed by atoms with Gasteiger partial charge in [0, 0.05) is 61.4 Å². The van der Waals surface area contributed by atoms with Gasteiger partial charge in [-0.15, -0.1) is 0 Å². The fraction of sp³-hybridized carbons (Fsp3) is 0.286. The Hall–Kier alpha value is -3.06. The van der Waals surface area contributed by atoms with Crippen LogP contribution in [0.3, 0.4) is 0 Å². The van der Waals surface area contributed by atoms with Gasteiger partial charge in [-0.2, -0.15) is 0 Å². The third kappa shape index (κ3) is 2.97. The first-order chi connectivity index (χ1) is 13.7. The predicted molar refractivity (Wildman–Crippen MR) is 108 cm³/mol. The molecular weight excluding hydrogens is 355 g/mol. The van der Waals surface area contributed by atoms with Crippen LogP contribution in [-0.2, 0) is 6.42 Å². The summed E-state index contributed by atoms with van der Waals surface area (Å²) in [5, 5.41) is 4.35. The third-order valence-corrected chi connectivity index (χ3v) is 5.22. The van der Waals surface area contributed by atoms with Crippen LogP contribution in [0, 0.1) is 5.82 Å². The van der Waals surface area contributed by atoms with E-state index in [0.717, 1.165) is 49.2 Å². The number of aromatic nitrogens is 4. The Balaban J connectivity index is 1.53. The van der Waals surface area contributed by atoms with Crippen molar-refractivity contribution in [2.24, 2.45) is 0 Å². The number of anilines is 1. The Morgan fingerprint density at radius 3 is 2.79 bits per heavy atom. The van der Waals surface area contributed by atoms with Crippen molar-refractivity contribution in [1.82, 2.24) is 24.7 Å². The highest BCUT2D eigenvalue weighted by Gasteiger charge is 2.13. The van der Waals surface area contributed by atoms with Crippen molar-refractivity contribution in [2.45, 2.75) is 13.3 Å². The maximum atomic E-state index is 14.5. The van der Waals surface area contributed by atoms with Crippen molar-refractivity contribution in [1.29, 1.82) is 0 Å². The van der Waals surface area contributed by atoms with E-state index in [0.29, 0.717) is 17.0 Å². The second kappa shape index (κ2) is 6.83. The minimum Gasteiger partial charge on any atom is -0.369 e. The van der Waals surface area contributed by atoms with Gasteiger partial charge in [0.1, 0.15) is 0 Å². The Bertz CT molecular complexity index is 1160. The molecule has 1 aromatic carbocycles. The number of hydrogen-bond donors (Lipinski definition) is 1. The van der Waals surface area contributed by atoms with Crippen LogP contribution in [0.2, 0.25) is 0 Å². The number of imidazole rings is 1. The molecule has 1 saturated heterocycles. The Morgan fingerprint density at radius 1 is 1.11 bits per heavy atom. The molecule has 1 N–H and O–H groups in total. The minimum absolute atomic E-state index is 0.335. The molecule has 3 aromatic heterocycles. The summed E-state index contributed by atoms with van der Waals surface area (Å²) in [4.78, 5) is 15.8. The maximum absolute atomic E-state index is 14.5. The zero-order valence-corrected chi connectivity index (χ0v) is 15.7. The van der Waals surface area contributed by atoms with Crippen LogP contribution in [0.4, 0.5) is 10.1 Å². The van der Waals surface area contributed by atoms with Crippen molar-refractivity contribution in [3.8, 4) is 11.4 Å². The van der Waals surface area contributed by atoms with E-state index in [-0.39, 0.29) is 5.82 Å². The molecule has 0 bridgehead atoms. The number of halogens is 1. The molecule has 1 aliphatic rings. The first-order valence-electron chi connectivity index (χ1n) is 9.61. The quantitative estimate of drug-likeness (QED) is 0.596. The molecule has 4 heterocycles. The molecule has 1 aliphatic heterocycles. The second-order valence-corrected chi connectivity index (χ2v) is 7.07. The van der Waals surface area contributed by atoms with Gasteiger partial charge in [-0.25, -0.2) is 19.3 Å². The lowest BCUT2D eigenvalue weighted by molar-refractivity contribution is 0.589. The molecule has 1 fully saturated rings. The van der Waals surface area contributed by atoms with E-state index >= 15 is 0 Å². The monoisotopic (exact) mass is 376 g/mol. The number of fused-ring (bicyclic) bond motifs is 2. The highest BCUT2D eigenvalue weighted by atomic mass is 19.1. The van der Waals surface area contributed by atoms with E-state index in [1.54, 1.807) is 4.40 Å². The van der Waals surface area contributed by atoms with Gasteiger partial charge in [0.25, 0.3) is 0 Å². The van der Waals surface area contributed by atoms with E-state index in [4.69, 9.17) is 0 Å². The fourth-order valence-electron chi connectivity index (χ4n) is 3.68. The van der Waals surface area contributed by atoms with E-state index in [2.05, 4.69) is 37.3 Å². The van der Waals surface area contributed by atoms with Crippen LogP contribution < -0.4 is 10.2 Å². The minimum atomic E-state index is -0.366. The zero-order chi connectivity index (χ0) is 19.1. The second-order valence-electron chi connectivity index (χ2n) is 7.07. The zero-order valence-electron chi connectivity index (χ0n) is 15.7. The summed E-state index contributed by atoms with van der Waals surface area (Å²) in [6.07, 6.45) is 6.26. The highest BCUT2D eigenvalue weighted by Crippen LogP contribution is 2.25. The van der Waals surface area contributed by atoms with Gasteiger partial charge >= 0.3 is 0 Å². The Labute approximate surface area is 162 Å². The summed E-state index contributed by atoms with van der Waals surface area (Å²) < 4.78 is 16.2. The molecule has 0 spiro atoms. The van der Waals surface area contributed by atoms with Crippen molar-refractivity contribution in [3.05, 3.63) is 54.4 Å². The average Bonchev–Trinajstić information content (AvgIpc) is 3.18. The van der Waals surface area contributed by atoms with Crippen molar-refractivity contribution in [2.75, 3.05) is 31.1 Å². The normalized spacial score (nSPS) is 14.9. The lowest BCUT2D eigenvalue weighted by atomic mass is 10.2. The molecule has 142 valence electrons. The van der Waals surface area contributed by atoms with Crippen molar-refractivity contribution < 1.29 is 4.39 Å². The largest absolute Gasteiger partial charge is 0.369 e. The number of nitrogens with zero attached hydrogens (tertiary/aromatic N) is 5. The standard InChI is InChI=1S/C21H21FN6/c1-2-16-13-28-12-15(10-18(22)21(28)25-16)20-24-11-14-9-17(3-4-19(14)26-20)27-7-5-23-6-8-27/h3-4,9-13,23H,2,5-8H2,1H3. The average molecular weight is 376 g/mol. The van der Waals surface area contributed by atoms with Crippen LogP contribution in [-0.4, -0.2) is 45.5 Å². The lowest BCUT2D eigenvalue weighted by Crippen LogP contribution is -2.43. The van der Waals surface area contributed by atoms with Crippen LogP contribution in [0.25, 0.3) is 27.9 Å². The highest BCUT2D eigenvalue weighted by molar-refractivity contribution is 5.83. The van der Waals surface area contributed by atoms with Crippen molar-refractivity contribution in [3.63, 3.8) is 0 Å². The van der Waals surface area contributed by atoms with E-state index in [1.807, 2.05) is 31.6 Å². The summed E-state index contributed by atoms with van der Waals surface area (Å²) in [5.74, 6) is 0.143. The topological polar surface area (TPSA) is 58.4 Å². The molecule has 28 heavy (non-hydrogen) atoms. The third-order valence-electron chi connectivity index (χ3n) is 5.22. The molecule has 0 saturated carbocycles. The SMILES string of the molecule is CCc1cn2cc(-c3ncc4cc(N5CCNCC5)ccc4n3)cc(F)c2n1. The number of rotatable bonds is 3. The van der Waals surface area contributed by atoms with Gasteiger partial charge in [-0.3, -0.25) is 0 Å². The van der Waals surface area contributed by atoms with Crippen LogP contribution in [0.5, 0.6) is 0 Å². The van der Waals surface area contributed by atoms with Crippen molar-refractivity contribution >= 4 is 22.2 Å². The first-order valence-corrected chi connectivity index (χ1v) is 9.61. The predicted octanol–water partition coefficient (Wildman–Crippen LogP) is 3.06. The molecular formula is C21H21FN6. The van der Waals surface area contributed by atoms with Gasteiger partial charge in [0.15, 0.2) is 17.3 Å². The van der Waals surface area contributed by atoms with E-state index < -0.39 is 0 Å². The van der Waals surface area contributed by atoms with Crippen LogP contribution >= 0.6 is 0 Å². The fourth-order valence-corrected chi connectivity index (χ4v) is 3.68. The maximum Gasteiger partial charge on any atom is 0.173 e. The summed E-state index contributed by atoms with van der Waals surface area (Å²) >= 11 is 0. The molecule has 0 amide bonds. The molecule has 0 unspecified atom stereocenters. The molecule has 0 radical (unpaired) electrons. The van der Waals surface area contributed by atoms with Crippen LogP contribution in [0.1, 0.15) is 12.6 Å². The first kappa shape index (κ1) is 17.1. The summed E-state index contributed by atoms with van der Waals surface area (Å²) in [7, 11) is 0. The number of piperazine rings is 1. The Kier molecular flexibility index (Phi) is 4.16. The number of pyridine rings is 1. The molecule has 7 heteroatoms. The summed E-state index contributed by atoms with van der Waals surface area (Å²) in [5.41, 5.74) is 3.86. The molecule has 4 aromatic rings. The van der Waals surface area contributed by atoms with Gasteiger partial charge in [0.2, 0.25) is 0 Å².